The molecule has 2 atom stereocenters. The maximum atomic E-state index is 5.90. The van der Waals surface area contributed by atoms with E-state index in [1.54, 1.807) is 14.2 Å². The minimum Gasteiger partial charge on any atom is -0.383 e. The van der Waals surface area contributed by atoms with E-state index in [-0.39, 0.29) is 5.38 Å². The van der Waals surface area contributed by atoms with Crippen LogP contribution in [-0.2, 0) is 9.47 Å². The third-order valence-corrected chi connectivity index (χ3v) is 1.73. The normalized spacial score (nSPS) is 16.0. The van der Waals surface area contributed by atoms with Crippen molar-refractivity contribution in [3.63, 3.8) is 0 Å². The summed E-state index contributed by atoms with van der Waals surface area (Å²) in [4.78, 5) is 0. The Morgan fingerprint density at radius 3 is 2.33 bits per heavy atom. The van der Waals surface area contributed by atoms with Crippen LogP contribution in [0.2, 0.25) is 0 Å². The summed E-state index contributed by atoms with van der Waals surface area (Å²) in [5, 5.41) is 3.27. The van der Waals surface area contributed by atoms with Gasteiger partial charge in [0, 0.05) is 26.8 Å². The van der Waals surface area contributed by atoms with Crippen LogP contribution in [0.25, 0.3) is 0 Å². The van der Waals surface area contributed by atoms with Gasteiger partial charge in [0.15, 0.2) is 0 Å². The van der Waals surface area contributed by atoms with Crippen LogP contribution < -0.4 is 5.32 Å². The minimum absolute atomic E-state index is 0.0364. The molecule has 0 aliphatic carbocycles. The molecule has 0 rings (SSSR count). The molecule has 0 spiro atoms. The first-order valence-electron chi connectivity index (χ1n) is 4.06. The average molecular weight is 196 g/mol. The highest BCUT2D eigenvalue weighted by atomic mass is 35.5. The summed E-state index contributed by atoms with van der Waals surface area (Å²) in [5.41, 5.74) is 0. The van der Waals surface area contributed by atoms with E-state index in [2.05, 4.69) is 12.2 Å². The van der Waals surface area contributed by atoms with E-state index in [9.17, 15) is 0 Å². The summed E-state index contributed by atoms with van der Waals surface area (Å²) in [7, 11) is 3.33. The lowest BCUT2D eigenvalue weighted by Gasteiger charge is -2.15. The Morgan fingerprint density at radius 1 is 1.25 bits per heavy atom. The largest absolute Gasteiger partial charge is 0.383 e. The zero-order valence-electron chi connectivity index (χ0n) is 7.97. The van der Waals surface area contributed by atoms with Crippen molar-refractivity contribution in [2.24, 2.45) is 0 Å². The summed E-state index contributed by atoms with van der Waals surface area (Å²) in [5.74, 6) is 0. The van der Waals surface area contributed by atoms with E-state index in [4.69, 9.17) is 21.1 Å². The number of nitrogens with one attached hydrogen (secondary N) is 1. The van der Waals surface area contributed by atoms with Crippen molar-refractivity contribution in [1.29, 1.82) is 0 Å². The maximum Gasteiger partial charge on any atom is 0.0694 e. The first-order chi connectivity index (χ1) is 5.70. The molecule has 4 heteroatoms. The standard InChI is InChI=1S/C8H18ClNO2/c1-7(5-11-2)10-4-8(9)6-12-3/h7-8,10H,4-6H2,1-3H3. The first-order valence-corrected chi connectivity index (χ1v) is 4.49. The number of ether oxygens (including phenoxy) is 2. The number of alkyl halides is 1. The van der Waals surface area contributed by atoms with Gasteiger partial charge in [-0.1, -0.05) is 0 Å². The number of hydrogen-bond donors (Lipinski definition) is 1. The molecule has 0 aliphatic rings. The van der Waals surface area contributed by atoms with Crippen molar-refractivity contribution in [2.75, 3.05) is 34.0 Å². The van der Waals surface area contributed by atoms with Gasteiger partial charge in [-0.3, -0.25) is 0 Å². The van der Waals surface area contributed by atoms with Crippen LogP contribution in [0.15, 0.2) is 0 Å². The highest BCUT2D eigenvalue weighted by Crippen LogP contribution is 1.94. The van der Waals surface area contributed by atoms with Gasteiger partial charge in [-0.15, -0.1) is 11.6 Å². The molecule has 0 amide bonds. The fraction of sp³-hybridized carbons (Fsp3) is 1.00. The third-order valence-electron chi connectivity index (χ3n) is 1.45. The lowest BCUT2D eigenvalue weighted by Crippen LogP contribution is -2.35. The van der Waals surface area contributed by atoms with Gasteiger partial charge < -0.3 is 14.8 Å². The van der Waals surface area contributed by atoms with E-state index >= 15 is 0 Å². The van der Waals surface area contributed by atoms with Crippen molar-refractivity contribution in [3.05, 3.63) is 0 Å². The summed E-state index contributed by atoms with van der Waals surface area (Å²) < 4.78 is 9.85. The van der Waals surface area contributed by atoms with Gasteiger partial charge in [-0.05, 0) is 6.92 Å². The van der Waals surface area contributed by atoms with E-state index in [0.717, 1.165) is 6.54 Å². The summed E-state index contributed by atoms with van der Waals surface area (Å²) in [6, 6.07) is 0.341. The number of hydrogen-bond acceptors (Lipinski definition) is 3. The molecule has 0 bridgehead atoms. The molecular formula is C8H18ClNO2. The summed E-state index contributed by atoms with van der Waals surface area (Å²) >= 11 is 5.90. The molecule has 0 saturated carbocycles. The van der Waals surface area contributed by atoms with Crippen molar-refractivity contribution < 1.29 is 9.47 Å². The first kappa shape index (κ1) is 12.2. The average Bonchev–Trinajstić information content (AvgIpc) is 2.02. The van der Waals surface area contributed by atoms with Crippen LogP contribution in [0.4, 0.5) is 0 Å². The molecule has 12 heavy (non-hydrogen) atoms. The van der Waals surface area contributed by atoms with Gasteiger partial charge in [-0.2, -0.15) is 0 Å². The zero-order valence-corrected chi connectivity index (χ0v) is 8.73. The topological polar surface area (TPSA) is 30.5 Å². The second kappa shape index (κ2) is 7.80. The Morgan fingerprint density at radius 2 is 1.83 bits per heavy atom. The summed E-state index contributed by atoms with van der Waals surface area (Å²) in [6.07, 6.45) is 0. The van der Waals surface area contributed by atoms with Crippen LogP contribution in [0.3, 0.4) is 0 Å². The quantitative estimate of drug-likeness (QED) is 0.612. The van der Waals surface area contributed by atoms with Gasteiger partial charge in [-0.25, -0.2) is 0 Å². The molecule has 0 radical (unpaired) electrons. The lowest BCUT2D eigenvalue weighted by molar-refractivity contribution is 0.166. The van der Waals surface area contributed by atoms with Crippen LogP contribution in [0, 0.1) is 0 Å². The fourth-order valence-corrected chi connectivity index (χ4v) is 1.09. The molecule has 0 aromatic carbocycles. The molecule has 0 aromatic rings. The fourth-order valence-electron chi connectivity index (χ4n) is 0.878. The molecule has 1 N–H and O–H groups in total. The van der Waals surface area contributed by atoms with Gasteiger partial charge in [0.25, 0.3) is 0 Å². The Hall–Kier alpha value is 0.170. The minimum atomic E-state index is 0.0364. The SMILES string of the molecule is COCC(Cl)CNC(C)COC. The molecule has 2 unspecified atom stereocenters. The number of rotatable bonds is 7. The maximum absolute atomic E-state index is 5.90. The molecule has 0 saturated heterocycles. The second-order valence-electron chi connectivity index (χ2n) is 2.82. The Balaban J connectivity index is 3.27. The van der Waals surface area contributed by atoms with Gasteiger partial charge >= 0.3 is 0 Å². The second-order valence-corrected chi connectivity index (χ2v) is 3.43. The van der Waals surface area contributed by atoms with Crippen molar-refractivity contribution in [3.8, 4) is 0 Å². The Kier molecular flexibility index (Phi) is 7.91. The zero-order chi connectivity index (χ0) is 9.40. The van der Waals surface area contributed by atoms with Crippen LogP contribution in [-0.4, -0.2) is 45.4 Å². The van der Waals surface area contributed by atoms with E-state index < -0.39 is 0 Å². The number of halogens is 1. The van der Waals surface area contributed by atoms with Crippen LogP contribution in [0.1, 0.15) is 6.92 Å². The Bertz CT molecular complexity index is 91.1. The molecular weight excluding hydrogens is 178 g/mol. The highest BCUT2D eigenvalue weighted by molar-refractivity contribution is 6.20. The highest BCUT2D eigenvalue weighted by Gasteiger charge is 2.05. The van der Waals surface area contributed by atoms with Gasteiger partial charge in [0.05, 0.1) is 18.6 Å². The molecule has 74 valence electrons. The smallest absolute Gasteiger partial charge is 0.0694 e. The van der Waals surface area contributed by atoms with Crippen molar-refractivity contribution in [1.82, 2.24) is 5.32 Å². The molecule has 0 fully saturated rings. The van der Waals surface area contributed by atoms with E-state index in [1.807, 2.05) is 0 Å². The van der Waals surface area contributed by atoms with E-state index in [0.29, 0.717) is 19.3 Å². The number of methoxy groups -OCH3 is 2. The molecule has 0 aliphatic heterocycles. The van der Waals surface area contributed by atoms with Crippen molar-refractivity contribution >= 4 is 11.6 Å². The molecule has 0 aromatic heterocycles. The third kappa shape index (κ3) is 6.85. The van der Waals surface area contributed by atoms with Crippen LogP contribution >= 0.6 is 11.6 Å². The molecule has 0 heterocycles. The van der Waals surface area contributed by atoms with Crippen molar-refractivity contribution in [2.45, 2.75) is 18.3 Å². The van der Waals surface area contributed by atoms with E-state index in [1.165, 1.54) is 0 Å². The monoisotopic (exact) mass is 195 g/mol. The Labute approximate surface area is 79.4 Å². The molecule has 3 nitrogen and oxygen atoms in total. The predicted octanol–water partition coefficient (Wildman–Crippen LogP) is 0.865. The van der Waals surface area contributed by atoms with Crippen LogP contribution in [0.5, 0.6) is 0 Å². The lowest BCUT2D eigenvalue weighted by atomic mass is 10.3. The van der Waals surface area contributed by atoms with Gasteiger partial charge in [0.1, 0.15) is 0 Å². The summed E-state index contributed by atoms with van der Waals surface area (Å²) in [6.45, 7) is 4.09. The van der Waals surface area contributed by atoms with Gasteiger partial charge in [0.2, 0.25) is 0 Å². The predicted molar refractivity (Wildman–Crippen MR) is 50.9 cm³/mol.